The van der Waals surface area contributed by atoms with Crippen LogP contribution in [0, 0.1) is 0 Å². The molecule has 0 aromatic carbocycles. The van der Waals surface area contributed by atoms with Gasteiger partial charge >= 0.3 is 0 Å². The molecule has 0 aliphatic carbocycles. The monoisotopic (exact) mass is 253 g/mol. The first-order valence-corrected chi connectivity index (χ1v) is 7.13. The summed E-state index contributed by atoms with van der Waals surface area (Å²) in [5.74, 6) is 0. The van der Waals surface area contributed by atoms with Gasteiger partial charge < -0.3 is 14.5 Å². The summed E-state index contributed by atoms with van der Waals surface area (Å²) in [5, 5.41) is 3.61. The lowest BCUT2D eigenvalue weighted by Gasteiger charge is -2.39. The Morgan fingerprint density at radius 1 is 1.28 bits per heavy atom. The maximum Gasteiger partial charge on any atom is 0.0951 e. The lowest BCUT2D eigenvalue weighted by atomic mass is 9.84. The molecule has 0 aliphatic rings. The molecule has 1 N–H and O–H groups in total. The van der Waals surface area contributed by atoms with Crippen molar-refractivity contribution in [1.29, 1.82) is 0 Å². The van der Waals surface area contributed by atoms with E-state index < -0.39 is 0 Å². The summed E-state index contributed by atoms with van der Waals surface area (Å²) in [6.07, 6.45) is 6.65. The third-order valence-corrected chi connectivity index (χ3v) is 3.63. The van der Waals surface area contributed by atoms with E-state index in [0.717, 1.165) is 32.4 Å². The molecule has 0 saturated carbocycles. The smallest absolute Gasteiger partial charge is 0.0951 e. The maximum absolute atomic E-state index is 6.11. The van der Waals surface area contributed by atoms with Crippen LogP contribution in [0.2, 0.25) is 0 Å². The second kappa shape index (κ2) is 7.59. The quantitative estimate of drug-likeness (QED) is 0.724. The Bertz CT molecular complexity index is 304. The highest BCUT2D eigenvalue weighted by Gasteiger charge is 2.37. The highest BCUT2D eigenvalue weighted by molar-refractivity contribution is 5.17. The minimum atomic E-state index is -0.145. The number of hydrogen-bond acceptors (Lipinski definition) is 3. The average molecular weight is 253 g/mol. The number of ether oxygens (including phenoxy) is 1. The van der Waals surface area contributed by atoms with Crippen molar-refractivity contribution in [2.45, 2.75) is 58.6 Å². The summed E-state index contributed by atoms with van der Waals surface area (Å²) in [6.45, 7) is 10.4. The summed E-state index contributed by atoms with van der Waals surface area (Å²) < 4.78 is 11.3. The zero-order valence-corrected chi connectivity index (χ0v) is 12.2. The zero-order valence-electron chi connectivity index (χ0n) is 12.2. The van der Waals surface area contributed by atoms with Crippen LogP contribution in [-0.4, -0.2) is 18.8 Å². The normalized spacial score (nSPS) is 13.8. The van der Waals surface area contributed by atoms with Crippen molar-refractivity contribution in [3.8, 4) is 0 Å². The first kappa shape index (κ1) is 15.3. The molecule has 1 rings (SSSR count). The number of rotatable bonds is 9. The van der Waals surface area contributed by atoms with Crippen molar-refractivity contribution in [2.75, 3.05) is 13.2 Å². The van der Waals surface area contributed by atoms with E-state index in [2.05, 4.69) is 33.0 Å². The van der Waals surface area contributed by atoms with Crippen LogP contribution in [0.5, 0.6) is 0 Å². The summed E-state index contributed by atoms with van der Waals surface area (Å²) in [5.41, 5.74) is 1.04. The highest BCUT2D eigenvalue weighted by Crippen LogP contribution is 2.35. The van der Waals surface area contributed by atoms with Gasteiger partial charge in [0, 0.05) is 12.2 Å². The number of furan rings is 1. The predicted octanol–water partition coefficient (Wildman–Crippen LogP) is 3.92. The molecule has 3 heteroatoms. The van der Waals surface area contributed by atoms with Gasteiger partial charge in [-0.1, -0.05) is 20.8 Å². The molecule has 1 unspecified atom stereocenters. The standard InChI is InChI=1S/C15H27NO2/c1-5-10-16-14(13-9-11-17-12-13)15(6-2,7-3)18-8-4/h9,11-12,14,16H,5-8,10H2,1-4H3. The Labute approximate surface area is 111 Å². The predicted molar refractivity (Wildman–Crippen MR) is 74.7 cm³/mol. The third-order valence-electron chi connectivity index (χ3n) is 3.63. The molecular formula is C15H27NO2. The van der Waals surface area contributed by atoms with E-state index in [4.69, 9.17) is 9.15 Å². The summed E-state index contributed by atoms with van der Waals surface area (Å²) >= 11 is 0. The van der Waals surface area contributed by atoms with Crippen LogP contribution in [-0.2, 0) is 4.74 Å². The van der Waals surface area contributed by atoms with Gasteiger partial charge in [0.05, 0.1) is 24.2 Å². The van der Waals surface area contributed by atoms with Gasteiger partial charge in [0.15, 0.2) is 0 Å². The van der Waals surface area contributed by atoms with Gasteiger partial charge in [0.2, 0.25) is 0 Å². The van der Waals surface area contributed by atoms with Crippen LogP contribution in [0.25, 0.3) is 0 Å². The second-order valence-electron chi connectivity index (χ2n) is 4.65. The molecule has 1 aromatic heterocycles. The summed E-state index contributed by atoms with van der Waals surface area (Å²) in [7, 11) is 0. The lowest BCUT2D eigenvalue weighted by Crippen LogP contribution is -2.45. The van der Waals surface area contributed by atoms with Crippen molar-refractivity contribution < 1.29 is 9.15 Å². The van der Waals surface area contributed by atoms with Gasteiger partial charge in [0.25, 0.3) is 0 Å². The molecule has 1 aromatic rings. The summed E-state index contributed by atoms with van der Waals surface area (Å²) in [6, 6.07) is 2.23. The minimum absolute atomic E-state index is 0.145. The Hall–Kier alpha value is -0.800. The van der Waals surface area contributed by atoms with Crippen LogP contribution in [0.4, 0.5) is 0 Å². The topological polar surface area (TPSA) is 34.4 Å². The Morgan fingerprint density at radius 2 is 2.00 bits per heavy atom. The fraction of sp³-hybridized carbons (Fsp3) is 0.733. The molecule has 3 nitrogen and oxygen atoms in total. The molecule has 104 valence electrons. The van der Waals surface area contributed by atoms with E-state index in [-0.39, 0.29) is 11.6 Å². The first-order valence-electron chi connectivity index (χ1n) is 7.13. The molecule has 0 radical (unpaired) electrons. The minimum Gasteiger partial charge on any atom is -0.472 e. The van der Waals surface area contributed by atoms with Gasteiger partial charge in [0.1, 0.15) is 0 Å². The molecule has 0 fully saturated rings. The Morgan fingerprint density at radius 3 is 2.44 bits per heavy atom. The fourth-order valence-electron chi connectivity index (χ4n) is 2.57. The average Bonchev–Trinajstić information content (AvgIpc) is 2.91. The van der Waals surface area contributed by atoms with Crippen molar-refractivity contribution >= 4 is 0 Å². The van der Waals surface area contributed by atoms with Gasteiger partial charge in [-0.3, -0.25) is 0 Å². The van der Waals surface area contributed by atoms with Gasteiger partial charge in [-0.15, -0.1) is 0 Å². The van der Waals surface area contributed by atoms with Crippen LogP contribution < -0.4 is 5.32 Å². The molecule has 18 heavy (non-hydrogen) atoms. The highest BCUT2D eigenvalue weighted by atomic mass is 16.5. The fourth-order valence-corrected chi connectivity index (χ4v) is 2.57. The zero-order chi connectivity index (χ0) is 13.4. The molecule has 0 amide bonds. The second-order valence-corrected chi connectivity index (χ2v) is 4.65. The molecular weight excluding hydrogens is 226 g/mol. The largest absolute Gasteiger partial charge is 0.472 e. The van der Waals surface area contributed by atoms with Crippen molar-refractivity contribution in [3.63, 3.8) is 0 Å². The van der Waals surface area contributed by atoms with Gasteiger partial charge in [-0.25, -0.2) is 0 Å². The van der Waals surface area contributed by atoms with Crippen LogP contribution in [0.1, 0.15) is 58.6 Å². The van der Waals surface area contributed by atoms with Crippen molar-refractivity contribution in [2.24, 2.45) is 0 Å². The third kappa shape index (κ3) is 3.36. The maximum atomic E-state index is 6.11. The van der Waals surface area contributed by atoms with E-state index in [1.807, 2.05) is 12.3 Å². The van der Waals surface area contributed by atoms with Crippen molar-refractivity contribution in [3.05, 3.63) is 24.2 Å². The van der Waals surface area contributed by atoms with Gasteiger partial charge in [-0.05, 0) is 38.8 Å². The van der Waals surface area contributed by atoms with E-state index in [1.54, 1.807) is 6.26 Å². The SMILES string of the molecule is CCCNC(c1ccoc1)C(CC)(CC)OCC. The van der Waals surface area contributed by atoms with Crippen LogP contribution in [0.15, 0.2) is 23.0 Å². The Balaban J connectivity index is 2.97. The Kier molecular flexibility index (Phi) is 6.44. The molecule has 0 saturated heterocycles. The summed E-state index contributed by atoms with van der Waals surface area (Å²) in [4.78, 5) is 0. The van der Waals surface area contributed by atoms with Crippen molar-refractivity contribution in [1.82, 2.24) is 5.32 Å². The first-order chi connectivity index (χ1) is 8.74. The van der Waals surface area contributed by atoms with E-state index in [9.17, 15) is 0 Å². The van der Waals surface area contributed by atoms with E-state index >= 15 is 0 Å². The van der Waals surface area contributed by atoms with Crippen LogP contribution >= 0.6 is 0 Å². The van der Waals surface area contributed by atoms with Gasteiger partial charge in [-0.2, -0.15) is 0 Å². The molecule has 0 spiro atoms. The molecule has 0 bridgehead atoms. The lowest BCUT2D eigenvalue weighted by molar-refractivity contribution is -0.0733. The number of hydrogen-bond donors (Lipinski definition) is 1. The van der Waals surface area contributed by atoms with E-state index in [1.165, 1.54) is 5.56 Å². The molecule has 0 aliphatic heterocycles. The molecule has 1 heterocycles. The van der Waals surface area contributed by atoms with E-state index in [0.29, 0.717) is 0 Å². The number of nitrogens with one attached hydrogen (secondary N) is 1. The molecule has 1 atom stereocenters. The van der Waals surface area contributed by atoms with Crippen LogP contribution in [0.3, 0.4) is 0 Å².